The van der Waals surface area contributed by atoms with E-state index in [1.54, 1.807) is 0 Å². The zero-order valence-corrected chi connectivity index (χ0v) is 15.8. The predicted molar refractivity (Wildman–Crippen MR) is 103 cm³/mol. The normalized spacial score (nSPS) is 23.0. The number of fused-ring (bicyclic) bond motifs is 1. The van der Waals surface area contributed by atoms with Crippen molar-refractivity contribution in [2.75, 3.05) is 19.6 Å². The SMILES string of the molecule is O=C(CCc1nnc(-c2ccccc2)o1)NC[C@@H]1CCCN2CCCC[C@H]12. The number of hydrogen-bond acceptors (Lipinski definition) is 5. The highest BCUT2D eigenvalue weighted by molar-refractivity contribution is 5.76. The zero-order chi connectivity index (χ0) is 18.5. The highest BCUT2D eigenvalue weighted by atomic mass is 16.4. The Morgan fingerprint density at radius 2 is 1.96 bits per heavy atom. The van der Waals surface area contributed by atoms with Crippen LogP contribution in [-0.2, 0) is 11.2 Å². The van der Waals surface area contributed by atoms with Crippen molar-refractivity contribution in [2.45, 2.75) is 51.0 Å². The Bertz CT molecular complexity index is 744. The molecule has 2 aromatic rings. The lowest BCUT2D eigenvalue weighted by atomic mass is 9.83. The molecule has 4 rings (SSSR count). The molecule has 1 N–H and O–H groups in total. The fourth-order valence-electron chi connectivity index (χ4n) is 4.42. The van der Waals surface area contributed by atoms with Crippen LogP contribution in [-0.4, -0.2) is 46.7 Å². The third kappa shape index (κ3) is 4.56. The summed E-state index contributed by atoms with van der Waals surface area (Å²) in [5, 5.41) is 11.3. The molecule has 6 nitrogen and oxygen atoms in total. The smallest absolute Gasteiger partial charge is 0.247 e. The van der Waals surface area contributed by atoms with Crippen LogP contribution in [0.2, 0.25) is 0 Å². The van der Waals surface area contributed by atoms with Gasteiger partial charge in [-0.05, 0) is 56.8 Å². The third-order valence-electron chi connectivity index (χ3n) is 5.84. The van der Waals surface area contributed by atoms with Gasteiger partial charge in [-0.3, -0.25) is 4.79 Å². The third-order valence-corrected chi connectivity index (χ3v) is 5.84. The van der Waals surface area contributed by atoms with Gasteiger partial charge in [0.2, 0.25) is 17.7 Å². The number of hydrogen-bond donors (Lipinski definition) is 1. The van der Waals surface area contributed by atoms with Crippen LogP contribution in [0.5, 0.6) is 0 Å². The first-order valence-corrected chi connectivity index (χ1v) is 10.2. The van der Waals surface area contributed by atoms with Gasteiger partial charge in [-0.1, -0.05) is 24.6 Å². The van der Waals surface area contributed by atoms with Gasteiger partial charge in [-0.15, -0.1) is 10.2 Å². The lowest BCUT2D eigenvalue weighted by Gasteiger charge is -2.44. The molecule has 2 aliphatic heterocycles. The van der Waals surface area contributed by atoms with E-state index >= 15 is 0 Å². The summed E-state index contributed by atoms with van der Waals surface area (Å²) in [5.74, 6) is 1.68. The number of amides is 1. The molecule has 3 heterocycles. The van der Waals surface area contributed by atoms with Gasteiger partial charge >= 0.3 is 0 Å². The number of rotatable bonds is 6. The molecule has 1 aromatic carbocycles. The number of carbonyl (C=O) groups is 1. The van der Waals surface area contributed by atoms with Crippen molar-refractivity contribution >= 4 is 5.91 Å². The molecule has 2 atom stereocenters. The first-order chi connectivity index (χ1) is 13.3. The monoisotopic (exact) mass is 368 g/mol. The molecule has 0 spiro atoms. The van der Waals surface area contributed by atoms with Crippen molar-refractivity contribution < 1.29 is 9.21 Å². The Hall–Kier alpha value is -2.21. The van der Waals surface area contributed by atoms with E-state index in [0.29, 0.717) is 36.6 Å². The number of nitrogens with one attached hydrogen (secondary N) is 1. The average molecular weight is 368 g/mol. The van der Waals surface area contributed by atoms with Crippen LogP contribution in [0.15, 0.2) is 34.7 Å². The molecule has 1 amide bonds. The largest absolute Gasteiger partial charge is 0.421 e. The van der Waals surface area contributed by atoms with Crippen molar-refractivity contribution in [1.29, 1.82) is 0 Å². The second-order valence-corrected chi connectivity index (χ2v) is 7.67. The Kier molecular flexibility index (Phi) is 5.82. The van der Waals surface area contributed by atoms with Gasteiger partial charge in [-0.2, -0.15) is 0 Å². The summed E-state index contributed by atoms with van der Waals surface area (Å²) < 4.78 is 5.68. The lowest BCUT2D eigenvalue weighted by molar-refractivity contribution is -0.121. The minimum Gasteiger partial charge on any atom is -0.421 e. The molecule has 2 fully saturated rings. The van der Waals surface area contributed by atoms with Crippen molar-refractivity contribution in [3.8, 4) is 11.5 Å². The zero-order valence-electron chi connectivity index (χ0n) is 15.8. The van der Waals surface area contributed by atoms with Gasteiger partial charge in [0, 0.05) is 31.0 Å². The van der Waals surface area contributed by atoms with E-state index in [1.165, 1.54) is 45.2 Å². The Morgan fingerprint density at radius 3 is 2.85 bits per heavy atom. The first-order valence-electron chi connectivity index (χ1n) is 10.2. The Labute approximate surface area is 160 Å². The maximum Gasteiger partial charge on any atom is 0.247 e. The highest BCUT2D eigenvalue weighted by Gasteiger charge is 2.32. The summed E-state index contributed by atoms with van der Waals surface area (Å²) in [6.07, 6.45) is 7.28. The summed E-state index contributed by atoms with van der Waals surface area (Å²) in [5.41, 5.74) is 0.898. The van der Waals surface area contributed by atoms with Gasteiger partial charge < -0.3 is 14.6 Å². The molecule has 6 heteroatoms. The molecule has 0 unspecified atom stereocenters. The van der Waals surface area contributed by atoms with Crippen molar-refractivity contribution in [3.63, 3.8) is 0 Å². The summed E-state index contributed by atoms with van der Waals surface area (Å²) >= 11 is 0. The molecule has 0 aliphatic carbocycles. The summed E-state index contributed by atoms with van der Waals surface area (Å²) in [6.45, 7) is 3.26. The van der Waals surface area contributed by atoms with Crippen LogP contribution in [0.3, 0.4) is 0 Å². The first kappa shape index (κ1) is 18.2. The van der Waals surface area contributed by atoms with E-state index in [0.717, 1.165) is 12.1 Å². The van der Waals surface area contributed by atoms with Gasteiger partial charge in [0.1, 0.15) is 0 Å². The number of aromatic nitrogens is 2. The summed E-state index contributed by atoms with van der Waals surface area (Å²) in [4.78, 5) is 14.9. The number of benzene rings is 1. The maximum atomic E-state index is 12.3. The quantitative estimate of drug-likeness (QED) is 0.848. The van der Waals surface area contributed by atoms with Crippen molar-refractivity contribution in [1.82, 2.24) is 20.4 Å². The van der Waals surface area contributed by atoms with E-state index in [-0.39, 0.29) is 5.91 Å². The molecule has 1 aromatic heterocycles. The molecular formula is C21H28N4O2. The fraction of sp³-hybridized carbons (Fsp3) is 0.571. The molecule has 0 radical (unpaired) electrons. The number of nitrogens with zero attached hydrogens (tertiary/aromatic N) is 3. The van der Waals surface area contributed by atoms with Gasteiger partial charge in [0.25, 0.3) is 0 Å². The van der Waals surface area contributed by atoms with Crippen molar-refractivity contribution in [2.24, 2.45) is 5.92 Å². The van der Waals surface area contributed by atoms with Crippen LogP contribution in [0.25, 0.3) is 11.5 Å². The lowest BCUT2D eigenvalue weighted by Crippen LogP contribution is -2.51. The van der Waals surface area contributed by atoms with Crippen LogP contribution in [0, 0.1) is 5.92 Å². The molecule has 2 saturated heterocycles. The van der Waals surface area contributed by atoms with Crippen LogP contribution >= 0.6 is 0 Å². The minimum atomic E-state index is 0.0717. The molecule has 0 saturated carbocycles. The number of piperidine rings is 2. The molecule has 144 valence electrons. The second-order valence-electron chi connectivity index (χ2n) is 7.67. The van der Waals surface area contributed by atoms with Crippen LogP contribution < -0.4 is 5.32 Å². The topological polar surface area (TPSA) is 71.3 Å². The van der Waals surface area contributed by atoms with Crippen LogP contribution in [0.4, 0.5) is 0 Å². The maximum absolute atomic E-state index is 12.3. The van der Waals surface area contributed by atoms with E-state index in [2.05, 4.69) is 20.4 Å². The Balaban J connectivity index is 1.24. The molecule has 27 heavy (non-hydrogen) atoms. The van der Waals surface area contributed by atoms with E-state index in [9.17, 15) is 4.79 Å². The van der Waals surface area contributed by atoms with Gasteiger partial charge in [0.05, 0.1) is 0 Å². The fourth-order valence-corrected chi connectivity index (χ4v) is 4.42. The van der Waals surface area contributed by atoms with E-state index < -0.39 is 0 Å². The van der Waals surface area contributed by atoms with Crippen molar-refractivity contribution in [3.05, 3.63) is 36.2 Å². The van der Waals surface area contributed by atoms with Gasteiger partial charge in [-0.25, -0.2) is 0 Å². The van der Waals surface area contributed by atoms with E-state index in [1.807, 2.05) is 30.3 Å². The minimum absolute atomic E-state index is 0.0717. The highest BCUT2D eigenvalue weighted by Crippen LogP contribution is 2.30. The number of aryl methyl sites for hydroxylation is 1. The van der Waals surface area contributed by atoms with Gasteiger partial charge in [0.15, 0.2) is 0 Å². The Morgan fingerprint density at radius 1 is 1.11 bits per heavy atom. The summed E-state index contributed by atoms with van der Waals surface area (Å²) in [6, 6.07) is 10.4. The second kappa shape index (κ2) is 8.65. The van der Waals surface area contributed by atoms with E-state index in [4.69, 9.17) is 4.42 Å². The molecule has 2 aliphatic rings. The molecule has 0 bridgehead atoms. The average Bonchev–Trinajstić information content (AvgIpc) is 3.20. The standard InChI is InChI=1S/C21H28N4O2/c26-19(22-15-17-9-6-14-25-13-5-4-10-18(17)25)11-12-20-23-24-21(27-20)16-7-2-1-3-8-16/h1-3,7-8,17-18H,4-6,9-15H2,(H,22,26)/t17-,18+/m0/s1. The van der Waals surface area contributed by atoms with Crippen LogP contribution in [0.1, 0.15) is 44.4 Å². The number of carbonyl (C=O) groups excluding carboxylic acids is 1. The summed E-state index contributed by atoms with van der Waals surface area (Å²) in [7, 11) is 0. The predicted octanol–water partition coefficient (Wildman–Crippen LogP) is 3.05. The molecular weight excluding hydrogens is 340 g/mol.